The van der Waals surface area contributed by atoms with Gasteiger partial charge in [-0.2, -0.15) is 18.3 Å². The molecule has 0 aromatic carbocycles. The van der Waals surface area contributed by atoms with E-state index >= 15 is 0 Å². The molecule has 4 rings (SSSR count). The van der Waals surface area contributed by atoms with Gasteiger partial charge in [0.1, 0.15) is 0 Å². The highest BCUT2D eigenvalue weighted by atomic mass is 19.4. The zero-order valence-corrected chi connectivity index (χ0v) is 18.8. The van der Waals surface area contributed by atoms with Crippen molar-refractivity contribution < 1.29 is 22.7 Å². The van der Waals surface area contributed by atoms with Gasteiger partial charge in [-0.15, -0.1) is 0 Å². The molecule has 0 bridgehead atoms. The minimum absolute atomic E-state index is 0.0669. The summed E-state index contributed by atoms with van der Waals surface area (Å²) in [5.74, 6) is 0.141. The van der Waals surface area contributed by atoms with E-state index in [0.29, 0.717) is 50.2 Å². The molecule has 0 aliphatic carbocycles. The third kappa shape index (κ3) is 5.59. The molecule has 1 saturated heterocycles. The molecule has 3 aromatic heterocycles. The number of hydrogen-bond donors (Lipinski definition) is 2. The lowest BCUT2D eigenvalue weighted by molar-refractivity contribution is -0.138. The van der Waals surface area contributed by atoms with Crippen molar-refractivity contribution in [1.82, 2.24) is 29.6 Å². The van der Waals surface area contributed by atoms with Crippen LogP contribution in [0.1, 0.15) is 17.7 Å². The highest BCUT2D eigenvalue weighted by molar-refractivity contribution is 5.79. The summed E-state index contributed by atoms with van der Waals surface area (Å²) in [5.41, 5.74) is 6.06. The Bertz CT molecular complexity index is 1220. The Kier molecular flexibility index (Phi) is 7.31. The number of rotatable bonds is 8. The van der Waals surface area contributed by atoms with E-state index in [-0.39, 0.29) is 37.0 Å². The summed E-state index contributed by atoms with van der Waals surface area (Å²) in [6, 6.07) is 1.73. The molecule has 1 aliphatic rings. The standard InChI is InChI=1S/C21H25F3N8O3/c22-21(23,24)14-11-26-20(27-12-14)31-4-2-30(3-5-31)18(33)1-7-35-8-6-32-15(10-25)9-16-17(32)13-28-29-19(16)34/h9,11-13H,1-8,10,25H2,(H,29,34). The van der Waals surface area contributed by atoms with Crippen LogP contribution in [0.2, 0.25) is 0 Å². The Balaban J connectivity index is 1.20. The Morgan fingerprint density at radius 2 is 1.83 bits per heavy atom. The third-order valence-electron chi connectivity index (χ3n) is 5.83. The zero-order valence-electron chi connectivity index (χ0n) is 18.8. The molecule has 3 aromatic rings. The van der Waals surface area contributed by atoms with Gasteiger partial charge in [-0.05, 0) is 6.07 Å². The summed E-state index contributed by atoms with van der Waals surface area (Å²) in [6.07, 6.45) is -1.19. The molecule has 188 valence electrons. The van der Waals surface area contributed by atoms with Crippen molar-refractivity contribution in [2.45, 2.75) is 25.7 Å². The van der Waals surface area contributed by atoms with Crippen LogP contribution in [0.25, 0.3) is 10.9 Å². The second kappa shape index (κ2) is 10.4. The second-order valence-corrected chi connectivity index (χ2v) is 7.99. The fraction of sp³-hybridized carbons (Fsp3) is 0.476. The molecule has 0 unspecified atom stereocenters. The van der Waals surface area contributed by atoms with E-state index in [0.717, 1.165) is 18.1 Å². The molecular weight excluding hydrogens is 469 g/mol. The molecule has 0 saturated carbocycles. The van der Waals surface area contributed by atoms with Gasteiger partial charge in [0.15, 0.2) is 0 Å². The van der Waals surface area contributed by atoms with Crippen LogP contribution >= 0.6 is 0 Å². The number of hydrogen-bond acceptors (Lipinski definition) is 8. The molecule has 0 spiro atoms. The number of anilines is 1. The van der Waals surface area contributed by atoms with E-state index in [1.54, 1.807) is 22.1 Å². The minimum atomic E-state index is -4.48. The topological polar surface area (TPSA) is 135 Å². The number of aromatic amines is 1. The van der Waals surface area contributed by atoms with Gasteiger partial charge in [-0.25, -0.2) is 15.1 Å². The lowest BCUT2D eigenvalue weighted by atomic mass is 10.3. The monoisotopic (exact) mass is 494 g/mol. The average molecular weight is 494 g/mol. The maximum absolute atomic E-state index is 12.7. The predicted molar refractivity (Wildman–Crippen MR) is 120 cm³/mol. The van der Waals surface area contributed by atoms with Gasteiger partial charge in [0, 0.05) is 57.4 Å². The molecule has 0 radical (unpaired) electrons. The quantitative estimate of drug-likeness (QED) is 0.438. The number of ether oxygens (including phenoxy) is 1. The first kappa shape index (κ1) is 24.6. The number of nitrogens with zero attached hydrogens (tertiary/aromatic N) is 6. The normalized spacial score (nSPS) is 14.6. The summed E-state index contributed by atoms with van der Waals surface area (Å²) in [4.78, 5) is 35.5. The van der Waals surface area contributed by atoms with E-state index in [1.807, 2.05) is 4.57 Å². The Hall–Kier alpha value is -3.52. The number of fused-ring (bicyclic) bond motifs is 1. The molecule has 1 fully saturated rings. The second-order valence-electron chi connectivity index (χ2n) is 7.99. The average Bonchev–Trinajstić information content (AvgIpc) is 3.22. The Labute approximate surface area is 197 Å². The molecule has 4 heterocycles. The van der Waals surface area contributed by atoms with Crippen molar-refractivity contribution in [3.63, 3.8) is 0 Å². The number of nitrogens with two attached hydrogens (primary N) is 1. The molecule has 1 amide bonds. The Morgan fingerprint density at radius 3 is 2.49 bits per heavy atom. The van der Waals surface area contributed by atoms with Gasteiger partial charge < -0.3 is 24.8 Å². The van der Waals surface area contributed by atoms with Crippen LogP contribution in [0.4, 0.5) is 19.1 Å². The molecule has 3 N–H and O–H groups in total. The van der Waals surface area contributed by atoms with Crippen LogP contribution in [-0.2, 0) is 28.8 Å². The predicted octanol–water partition coefficient (Wildman–Crippen LogP) is 0.748. The summed E-state index contributed by atoms with van der Waals surface area (Å²) in [5, 5.41) is 6.74. The summed E-state index contributed by atoms with van der Waals surface area (Å²) >= 11 is 0. The number of aromatic nitrogens is 5. The van der Waals surface area contributed by atoms with Crippen LogP contribution in [0.15, 0.2) is 29.5 Å². The maximum atomic E-state index is 12.7. The van der Waals surface area contributed by atoms with E-state index in [1.165, 1.54) is 0 Å². The van der Waals surface area contributed by atoms with Gasteiger partial charge in [-0.3, -0.25) is 9.59 Å². The summed E-state index contributed by atoms with van der Waals surface area (Å²) < 4.78 is 45.5. The number of alkyl halides is 3. The SMILES string of the molecule is NCc1cc2c(=O)[nH]ncc2n1CCOCCC(=O)N1CCN(c2ncc(C(F)(F)F)cn2)CC1. The first-order valence-electron chi connectivity index (χ1n) is 11.0. The van der Waals surface area contributed by atoms with E-state index < -0.39 is 11.7 Å². The number of nitrogens with one attached hydrogen (secondary N) is 1. The van der Waals surface area contributed by atoms with Gasteiger partial charge in [0.25, 0.3) is 5.56 Å². The van der Waals surface area contributed by atoms with Crippen molar-refractivity contribution in [3.05, 3.63) is 46.3 Å². The maximum Gasteiger partial charge on any atom is 0.419 e. The number of H-pyrrole nitrogens is 1. The van der Waals surface area contributed by atoms with Crippen LogP contribution < -0.4 is 16.2 Å². The van der Waals surface area contributed by atoms with E-state index in [2.05, 4.69) is 20.2 Å². The number of piperazine rings is 1. The largest absolute Gasteiger partial charge is 0.419 e. The molecule has 1 aliphatic heterocycles. The molecule has 35 heavy (non-hydrogen) atoms. The lowest BCUT2D eigenvalue weighted by Crippen LogP contribution is -2.49. The molecule has 11 nitrogen and oxygen atoms in total. The fourth-order valence-corrected chi connectivity index (χ4v) is 3.95. The van der Waals surface area contributed by atoms with Crippen molar-refractivity contribution in [3.8, 4) is 0 Å². The van der Waals surface area contributed by atoms with Gasteiger partial charge in [0.05, 0.1) is 42.3 Å². The van der Waals surface area contributed by atoms with Crippen LogP contribution in [0.3, 0.4) is 0 Å². The number of carbonyl (C=O) groups is 1. The van der Waals surface area contributed by atoms with Crippen molar-refractivity contribution >= 4 is 22.8 Å². The molecular formula is C21H25F3N8O3. The third-order valence-corrected chi connectivity index (χ3v) is 5.83. The zero-order chi connectivity index (χ0) is 25.0. The fourth-order valence-electron chi connectivity index (χ4n) is 3.95. The van der Waals surface area contributed by atoms with Crippen LogP contribution in [-0.4, -0.2) is 74.9 Å². The highest BCUT2D eigenvalue weighted by Crippen LogP contribution is 2.28. The van der Waals surface area contributed by atoms with Crippen LogP contribution in [0.5, 0.6) is 0 Å². The summed E-state index contributed by atoms with van der Waals surface area (Å²) in [6.45, 7) is 2.96. The number of carbonyl (C=O) groups excluding carboxylic acids is 1. The van der Waals surface area contributed by atoms with Crippen molar-refractivity contribution in [1.29, 1.82) is 0 Å². The molecule has 0 atom stereocenters. The van der Waals surface area contributed by atoms with Gasteiger partial charge in [0.2, 0.25) is 11.9 Å². The smallest absolute Gasteiger partial charge is 0.379 e. The highest BCUT2D eigenvalue weighted by Gasteiger charge is 2.32. The van der Waals surface area contributed by atoms with E-state index in [4.69, 9.17) is 10.5 Å². The Morgan fingerprint density at radius 1 is 1.11 bits per heavy atom. The first-order chi connectivity index (χ1) is 16.8. The van der Waals surface area contributed by atoms with E-state index in [9.17, 15) is 22.8 Å². The van der Waals surface area contributed by atoms with Gasteiger partial charge >= 0.3 is 6.18 Å². The number of amides is 1. The minimum Gasteiger partial charge on any atom is -0.379 e. The summed E-state index contributed by atoms with van der Waals surface area (Å²) in [7, 11) is 0. The van der Waals surface area contributed by atoms with Crippen LogP contribution in [0, 0.1) is 0 Å². The number of halogens is 3. The van der Waals surface area contributed by atoms with Crippen molar-refractivity contribution in [2.24, 2.45) is 5.73 Å². The first-order valence-corrected chi connectivity index (χ1v) is 11.0. The van der Waals surface area contributed by atoms with Crippen molar-refractivity contribution in [2.75, 3.05) is 44.3 Å². The molecule has 14 heteroatoms. The lowest BCUT2D eigenvalue weighted by Gasteiger charge is -2.34. The van der Waals surface area contributed by atoms with Gasteiger partial charge in [-0.1, -0.05) is 0 Å².